The molecule has 1 fully saturated rings. The summed E-state index contributed by atoms with van der Waals surface area (Å²) in [7, 11) is 0. The highest BCUT2D eigenvalue weighted by molar-refractivity contribution is 5.97. The molecule has 7 nitrogen and oxygen atoms in total. The first-order valence-electron chi connectivity index (χ1n) is 14.8. The Morgan fingerprint density at radius 3 is 2.55 bits per heavy atom. The number of hydrogen-bond donors (Lipinski definition) is 0. The van der Waals surface area contributed by atoms with Gasteiger partial charge in [-0.3, -0.25) is 9.59 Å². The van der Waals surface area contributed by atoms with Gasteiger partial charge in [0, 0.05) is 25.7 Å². The van der Waals surface area contributed by atoms with Crippen molar-refractivity contribution in [1.29, 1.82) is 0 Å². The second kappa shape index (κ2) is 13.8. The molecule has 7 heteroatoms. The lowest BCUT2D eigenvalue weighted by Crippen LogP contribution is -2.51. The van der Waals surface area contributed by atoms with E-state index in [9.17, 15) is 9.59 Å². The Morgan fingerprint density at radius 1 is 1.03 bits per heavy atom. The zero-order valence-corrected chi connectivity index (χ0v) is 23.5. The average molecular weight is 524 g/mol. The normalized spacial score (nSPS) is 21.7. The molecule has 2 aliphatic rings. The van der Waals surface area contributed by atoms with E-state index in [1.165, 1.54) is 0 Å². The van der Waals surface area contributed by atoms with E-state index >= 15 is 0 Å². The zero-order chi connectivity index (χ0) is 26.9. The van der Waals surface area contributed by atoms with Crippen LogP contribution >= 0.6 is 0 Å². The predicted molar refractivity (Wildman–Crippen MR) is 148 cm³/mol. The molecule has 0 radical (unpaired) electrons. The Morgan fingerprint density at radius 2 is 1.76 bits per heavy atom. The van der Waals surface area contributed by atoms with Crippen molar-refractivity contribution < 1.29 is 18.8 Å². The van der Waals surface area contributed by atoms with Crippen LogP contribution < -0.4 is 4.74 Å². The van der Waals surface area contributed by atoms with Gasteiger partial charge in [-0.15, -0.1) is 0 Å². The molecular weight excluding hydrogens is 478 g/mol. The van der Waals surface area contributed by atoms with Crippen LogP contribution in [0.5, 0.6) is 5.75 Å². The van der Waals surface area contributed by atoms with E-state index in [4.69, 9.17) is 9.26 Å². The Kier molecular flexibility index (Phi) is 10.2. The molecule has 1 aromatic heterocycles. The second-order valence-electron chi connectivity index (χ2n) is 11.3. The van der Waals surface area contributed by atoms with E-state index in [0.29, 0.717) is 29.5 Å². The first-order chi connectivity index (χ1) is 18.5. The molecule has 208 valence electrons. The van der Waals surface area contributed by atoms with Gasteiger partial charge in [0.2, 0.25) is 5.76 Å². The minimum absolute atomic E-state index is 0.0388. The molecule has 2 amide bonds. The molecule has 2 heterocycles. The largest absolute Gasteiger partial charge is 0.487 e. The summed E-state index contributed by atoms with van der Waals surface area (Å²) in [5, 5.41) is 4.18. The number of para-hydroxylation sites is 1. The highest BCUT2D eigenvalue weighted by Gasteiger charge is 2.36. The molecule has 4 rings (SSSR count). The van der Waals surface area contributed by atoms with Crippen LogP contribution in [0, 0.1) is 5.92 Å². The van der Waals surface area contributed by atoms with Gasteiger partial charge in [0.25, 0.3) is 11.8 Å². The molecule has 0 bridgehead atoms. The lowest BCUT2D eigenvalue weighted by molar-refractivity contribution is 0.0243. The number of aromatic nitrogens is 1. The molecule has 2 aromatic rings. The van der Waals surface area contributed by atoms with Crippen molar-refractivity contribution in [3.63, 3.8) is 0 Å². The highest BCUT2D eigenvalue weighted by atomic mass is 16.5. The van der Waals surface area contributed by atoms with Gasteiger partial charge in [-0.25, -0.2) is 0 Å². The van der Waals surface area contributed by atoms with E-state index in [0.717, 1.165) is 89.4 Å². The summed E-state index contributed by atoms with van der Waals surface area (Å²) in [5.74, 6) is 1.31. The van der Waals surface area contributed by atoms with Gasteiger partial charge < -0.3 is 19.1 Å². The fraction of sp³-hybridized carbons (Fsp3) is 0.645. The van der Waals surface area contributed by atoms with Crippen LogP contribution in [0.25, 0.3) is 0 Å². The summed E-state index contributed by atoms with van der Waals surface area (Å²) in [4.78, 5) is 31.4. The Bertz CT molecular complexity index is 1050. The van der Waals surface area contributed by atoms with E-state index in [1.807, 2.05) is 40.1 Å². The Labute approximate surface area is 227 Å². The van der Waals surface area contributed by atoms with Gasteiger partial charge >= 0.3 is 0 Å². The first-order valence-corrected chi connectivity index (χ1v) is 14.8. The number of rotatable bonds is 5. The monoisotopic (exact) mass is 523 g/mol. The number of benzene rings is 1. The maximum absolute atomic E-state index is 13.8. The van der Waals surface area contributed by atoms with Crippen LogP contribution in [-0.4, -0.2) is 58.6 Å². The molecule has 0 saturated heterocycles. The van der Waals surface area contributed by atoms with Crippen molar-refractivity contribution in [2.24, 2.45) is 5.92 Å². The van der Waals surface area contributed by atoms with E-state index < -0.39 is 0 Å². The summed E-state index contributed by atoms with van der Waals surface area (Å²) >= 11 is 0. The number of amides is 2. The van der Waals surface area contributed by atoms with Crippen molar-refractivity contribution in [3.8, 4) is 5.75 Å². The number of nitrogens with zero attached hydrogens (tertiary/aromatic N) is 3. The van der Waals surface area contributed by atoms with E-state index in [-0.39, 0.29) is 24.0 Å². The molecule has 0 unspecified atom stereocenters. The summed E-state index contributed by atoms with van der Waals surface area (Å²) < 4.78 is 12.2. The minimum Gasteiger partial charge on any atom is -0.487 e. The maximum atomic E-state index is 13.8. The standard InChI is InChI=1S/C31H45N3O4/c1-4-18-33-19-12-6-5-7-13-20-34(31(36)29-22-24(32-38-29)21-23(2)3)26-15-9-11-17-28(26)37-27-16-10-8-14-25(27)30(33)35/h8,10,14,16,22-23,26,28H,4-7,9,11-13,15,17-21H2,1-3H3/t26-,28+/m1/s1. The smallest absolute Gasteiger partial charge is 0.292 e. The lowest BCUT2D eigenvalue weighted by atomic mass is 9.90. The van der Waals surface area contributed by atoms with Gasteiger partial charge in [-0.05, 0) is 63.0 Å². The van der Waals surface area contributed by atoms with Gasteiger partial charge in [0.05, 0.1) is 17.3 Å². The van der Waals surface area contributed by atoms with Crippen LogP contribution in [0.15, 0.2) is 34.9 Å². The summed E-state index contributed by atoms with van der Waals surface area (Å²) in [6.45, 7) is 8.57. The first kappa shape index (κ1) is 28.2. The van der Waals surface area contributed by atoms with Crippen molar-refractivity contribution >= 4 is 11.8 Å². The van der Waals surface area contributed by atoms with Crippen LogP contribution in [-0.2, 0) is 6.42 Å². The Balaban J connectivity index is 1.64. The SMILES string of the molecule is CCCN1CCCCCCCN(C(=O)c2cc(CC(C)C)no2)[C@@H]2CCCC[C@@H]2Oc2ccccc2C1=O. The van der Waals surface area contributed by atoms with Crippen molar-refractivity contribution in [2.45, 2.75) is 104 Å². The van der Waals surface area contributed by atoms with Crippen LogP contribution in [0.4, 0.5) is 0 Å². The van der Waals surface area contributed by atoms with Crippen molar-refractivity contribution in [2.75, 3.05) is 19.6 Å². The fourth-order valence-electron chi connectivity index (χ4n) is 5.84. The molecular formula is C31H45N3O4. The number of hydrogen-bond acceptors (Lipinski definition) is 5. The number of fused-ring (bicyclic) bond motifs is 2. The molecule has 1 aliphatic heterocycles. The third-order valence-electron chi connectivity index (χ3n) is 7.72. The zero-order valence-electron chi connectivity index (χ0n) is 23.5. The molecule has 1 aliphatic carbocycles. The quantitative estimate of drug-likeness (QED) is 0.446. The Hall–Kier alpha value is -2.83. The van der Waals surface area contributed by atoms with Gasteiger partial charge in [0.15, 0.2) is 0 Å². The van der Waals surface area contributed by atoms with Gasteiger partial charge in [-0.1, -0.05) is 63.7 Å². The number of carbonyl (C=O) groups excluding carboxylic acids is 2. The number of carbonyl (C=O) groups is 2. The van der Waals surface area contributed by atoms with Crippen LogP contribution in [0.3, 0.4) is 0 Å². The second-order valence-corrected chi connectivity index (χ2v) is 11.3. The summed E-state index contributed by atoms with van der Waals surface area (Å²) in [6.07, 6.45) is 10.5. The van der Waals surface area contributed by atoms with Crippen molar-refractivity contribution in [1.82, 2.24) is 15.0 Å². The van der Waals surface area contributed by atoms with E-state index in [1.54, 1.807) is 0 Å². The molecule has 1 aromatic carbocycles. The molecule has 1 saturated carbocycles. The topological polar surface area (TPSA) is 75.9 Å². The highest BCUT2D eigenvalue weighted by Crippen LogP contribution is 2.31. The molecule has 0 spiro atoms. The predicted octanol–water partition coefficient (Wildman–Crippen LogP) is 6.52. The maximum Gasteiger partial charge on any atom is 0.292 e. The van der Waals surface area contributed by atoms with E-state index in [2.05, 4.69) is 25.9 Å². The molecule has 2 atom stereocenters. The third-order valence-corrected chi connectivity index (χ3v) is 7.72. The minimum atomic E-state index is -0.176. The third kappa shape index (κ3) is 7.17. The molecule has 38 heavy (non-hydrogen) atoms. The lowest BCUT2D eigenvalue weighted by Gasteiger charge is -2.39. The van der Waals surface area contributed by atoms with Gasteiger partial charge in [-0.2, -0.15) is 0 Å². The van der Waals surface area contributed by atoms with Gasteiger partial charge in [0.1, 0.15) is 11.9 Å². The number of ether oxygens (including phenoxy) is 1. The average Bonchev–Trinajstić information content (AvgIpc) is 3.37. The fourth-order valence-corrected chi connectivity index (χ4v) is 5.84. The van der Waals surface area contributed by atoms with Crippen LogP contribution in [0.2, 0.25) is 0 Å². The summed E-state index contributed by atoms with van der Waals surface area (Å²) in [6, 6.07) is 9.36. The summed E-state index contributed by atoms with van der Waals surface area (Å²) in [5.41, 5.74) is 1.44. The molecule has 0 N–H and O–H groups in total. The van der Waals surface area contributed by atoms with Crippen LogP contribution in [0.1, 0.15) is 112 Å². The van der Waals surface area contributed by atoms with Crippen molar-refractivity contribution in [3.05, 3.63) is 47.3 Å².